The first-order valence-electron chi connectivity index (χ1n) is 4.40. The summed E-state index contributed by atoms with van der Waals surface area (Å²) in [6.07, 6.45) is 2.15. The minimum Gasteiger partial charge on any atom is -0.381 e. The highest BCUT2D eigenvalue weighted by Gasteiger charge is 2.18. The van der Waals surface area contributed by atoms with E-state index in [9.17, 15) is 0 Å². The molecule has 0 atom stereocenters. The van der Waals surface area contributed by atoms with Crippen LogP contribution >= 0.6 is 11.3 Å². The lowest BCUT2D eigenvalue weighted by Gasteiger charge is -2.19. The summed E-state index contributed by atoms with van der Waals surface area (Å²) in [5.41, 5.74) is 3.72. The summed E-state index contributed by atoms with van der Waals surface area (Å²) >= 11 is 1.56. The molecule has 0 aliphatic carbocycles. The Kier molecular flexibility index (Phi) is 2.77. The molecule has 2 rings (SSSR count). The Morgan fingerprint density at radius 2 is 2.31 bits per heavy atom. The molecule has 2 heterocycles. The highest BCUT2D eigenvalue weighted by molar-refractivity contribution is 7.13. The summed E-state index contributed by atoms with van der Waals surface area (Å²) in [5, 5.41) is 2.87. The van der Waals surface area contributed by atoms with Gasteiger partial charge in [0.05, 0.1) is 5.69 Å². The van der Waals surface area contributed by atoms with Gasteiger partial charge in [-0.25, -0.2) is 10.8 Å². The second-order valence-corrected chi connectivity index (χ2v) is 3.97. The van der Waals surface area contributed by atoms with Gasteiger partial charge in [0.1, 0.15) is 0 Å². The number of rotatable bonds is 2. The predicted molar refractivity (Wildman–Crippen MR) is 52.7 cm³/mol. The van der Waals surface area contributed by atoms with Crippen molar-refractivity contribution in [3.8, 4) is 0 Å². The monoisotopic (exact) mass is 199 g/mol. The first kappa shape index (κ1) is 8.93. The molecule has 1 aromatic heterocycles. The normalized spacial score (nSPS) is 18.8. The Labute approximate surface area is 81.1 Å². The van der Waals surface area contributed by atoms with E-state index in [-0.39, 0.29) is 0 Å². The third-order valence-corrected chi connectivity index (χ3v) is 3.08. The first-order valence-corrected chi connectivity index (χ1v) is 5.28. The third kappa shape index (κ3) is 1.99. The lowest BCUT2D eigenvalue weighted by Crippen LogP contribution is -2.14. The van der Waals surface area contributed by atoms with Crippen LogP contribution in [0.25, 0.3) is 0 Å². The number of thiazole rings is 1. The number of nitrogens with one attached hydrogen (secondary N) is 1. The fraction of sp³-hybridized carbons (Fsp3) is 0.625. The van der Waals surface area contributed by atoms with Gasteiger partial charge in [0.25, 0.3) is 0 Å². The molecular weight excluding hydrogens is 186 g/mol. The molecule has 0 aromatic carbocycles. The topological polar surface area (TPSA) is 60.2 Å². The summed E-state index contributed by atoms with van der Waals surface area (Å²) in [4.78, 5) is 4.38. The van der Waals surface area contributed by atoms with Gasteiger partial charge < -0.3 is 4.74 Å². The van der Waals surface area contributed by atoms with Gasteiger partial charge >= 0.3 is 0 Å². The van der Waals surface area contributed by atoms with Crippen LogP contribution in [0.5, 0.6) is 0 Å². The molecule has 72 valence electrons. The lowest BCUT2D eigenvalue weighted by molar-refractivity contribution is 0.0846. The molecule has 0 bridgehead atoms. The molecule has 1 aromatic rings. The molecule has 0 spiro atoms. The molecule has 0 amide bonds. The van der Waals surface area contributed by atoms with Crippen molar-refractivity contribution in [3.05, 3.63) is 11.1 Å². The average molecular weight is 199 g/mol. The number of ether oxygens (including phenoxy) is 1. The van der Waals surface area contributed by atoms with Crippen LogP contribution in [0.1, 0.15) is 24.5 Å². The molecule has 13 heavy (non-hydrogen) atoms. The van der Waals surface area contributed by atoms with Crippen molar-refractivity contribution in [3.63, 3.8) is 0 Å². The van der Waals surface area contributed by atoms with E-state index in [0.717, 1.165) is 36.9 Å². The number of hydrogen-bond acceptors (Lipinski definition) is 5. The van der Waals surface area contributed by atoms with Gasteiger partial charge in [0, 0.05) is 24.5 Å². The molecular formula is C8H13N3OS. The predicted octanol–water partition coefficient (Wildman–Crippen LogP) is 1.32. The fourth-order valence-corrected chi connectivity index (χ4v) is 2.24. The van der Waals surface area contributed by atoms with E-state index in [0.29, 0.717) is 5.92 Å². The smallest absolute Gasteiger partial charge is 0.197 e. The van der Waals surface area contributed by atoms with Crippen molar-refractivity contribution in [2.45, 2.75) is 18.8 Å². The van der Waals surface area contributed by atoms with Gasteiger partial charge in [-0.2, -0.15) is 0 Å². The zero-order valence-electron chi connectivity index (χ0n) is 7.32. The molecule has 1 aliphatic rings. The summed E-state index contributed by atoms with van der Waals surface area (Å²) in [5.74, 6) is 5.83. The van der Waals surface area contributed by atoms with Gasteiger partial charge in [-0.05, 0) is 12.8 Å². The van der Waals surface area contributed by atoms with E-state index < -0.39 is 0 Å². The van der Waals surface area contributed by atoms with Crippen molar-refractivity contribution in [2.75, 3.05) is 18.6 Å². The second kappa shape index (κ2) is 4.04. The fourth-order valence-electron chi connectivity index (χ4n) is 1.53. The number of hydrogen-bond donors (Lipinski definition) is 2. The van der Waals surface area contributed by atoms with Gasteiger partial charge in [-0.3, -0.25) is 5.43 Å². The Morgan fingerprint density at radius 1 is 1.54 bits per heavy atom. The van der Waals surface area contributed by atoms with Crippen molar-refractivity contribution in [1.82, 2.24) is 4.98 Å². The van der Waals surface area contributed by atoms with Crippen LogP contribution in [-0.2, 0) is 4.74 Å². The molecule has 1 aliphatic heterocycles. The standard InChI is InChI=1S/C8H13N3OS/c9-11-8-10-7(5-13-8)6-1-3-12-4-2-6/h5-6H,1-4,9H2,(H,10,11). The summed E-state index contributed by atoms with van der Waals surface area (Å²) in [6, 6.07) is 0. The number of aromatic nitrogens is 1. The van der Waals surface area contributed by atoms with Crippen LogP contribution in [0.15, 0.2) is 5.38 Å². The zero-order chi connectivity index (χ0) is 9.10. The summed E-state index contributed by atoms with van der Waals surface area (Å²) in [6.45, 7) is 1.71. The van der Waals surface area contributed by atoms with E-state index in [1.54, 1.807) is 11.3 Å². The van der Waals surface area contributed by atoms with Crippen molar-refractivity contribution in [2.24, 2.45) is 5.84 Å². The maximum Gasteiger partial charge on any atom is 0.197 e. The average Bonchev–Trinajstić information content (AvgIpc) is 2.67. The van der Waals surface area contributed by atoms with E-state index in [4.69, 9.17) is 10.6 Å². The van der Waals surface area contributed by atoms with Crippen LogP contribution in [0.4, 0.5) is 5.13 Å². The SMILES string of the molecule is NNc1nc(C2CCOCC2)cs1. The van der Waals surface area contributed by atoms with Gasteiger partial charge in [0.2, 0.25) is 0 Å². The second-order valence-electron chi connectivity index (χ2n) is 3.11. The van der Waals surface area contributed by atoms with Crippen LogP contribution in [-0.4, -0.2) is 18.2 Å². The number of hydrazine groups is 1. The van der Waals surface area contributed by atoms with Crippen molar-refractivity contribution < 1.29 is 4.74 Å². The lowest BCUT2D eigenvalue weighted by atomic mass is 9.98. The van der Waals surface area contributed by atoms with Crippen molar-refractivity contribution >= 4 is 16.5 Å². The minimum atomic E-state index is 0.562. The number of anilines is 1. The quantitative estimate of drug-likeness (QED) is 0.557. The van der Waals surface area contributed by atoms with Gasteiger partial charge in [-0.1, -0.05) is 0 Å². The van der Waals surface area contributed by atoms with Gasteiger partial charge in [-0.15, -0.1) is 11.3 Å². The third-order valence-electron chi connectivity index (χ3n) is 2.28. The van der Waals surface area contributed by atoms with E-state index in [2.05, 4.69) is 15.8 Å². The summed E-state index contributed by atoms with van der Waals surface area (Å²) < 4.78 is 5.29. The van der Waals surface area contributed by atoms with E-state index in [1.165, 1.54) is 0 Å². The van der Waals surface area contributed by atoms with E-state index in [1.807, 2.05) is 0 Å². The Morgan fingerprint density at radius 3 is 2.92 bits per heavy atom. The maximum absolute atomic E-state index is 5.29. The first-order chi connectivity index (χ1) is 6.40. The number of nitrogen functional groups attached to an aromatic ring is 1. The zero-order valence-corrected chi connectivity index (χ0v) is 8.14. The molecule has 1 fully saturated rings. The maximum atomic E-state index is 5.29. The molecule has 0 saturated carbocycles. The van der Waals surface area contributed by atoms with Crippen LogP contribution in [0.2, 0.25) is 0 Å². The Balaban J connectivity index is 2.05. The molecule has 3 N–H and O–H groups in total. The van der Waals surface area contributed by atoms with Crippen LogP contribution < -0.4 is 11.3 Å². The van der Waals surface area contributed by atoms with Crippen LogP contribution in [0.3, 0.4) is 0 Å². The Hall–Kier alpha value is -0.650. The van der Waals surface area contributed by atoms with Crippen molar-refractivity contribution in [1.29, 1.82) is 0 Å². The van der Waals surface area contributed by atoms with E-state index >= 15 is 0 Å². The van der Waals surface area contributed by atoms with Crippen LogP contribution in [0, 0.1) is 0 Å². The molecule has 0 radical (unpaired) electrons. The highest BCUT2D eigenvalue weighted by Crippen LogP contribution is 2.28. The number of nitrogens with zero attached hydrogens (tertiary/aromatic N) is 1. The highest BCUT2D eigenvalue weighted by atomic mass is 32.1. The minimum absolute atomic E-state index is 0.562. The molecule has 4 nitrogen and oxygen atoms in total. The largest absolute Gasteiger partial charge is 0.381 e. The molecule has 5 heteroatoms. The summed E-state index contributed by atoms with van der Waals surface area (Å²) in [7, 11) is 0. The number of nitrogens with two attached hydrogens (primary N) is 1. The Bertz CT molecular complexity index is 270. The molecule has 0 unspecified atom stereocenters. The van der Waals surface area contributed by atoms with Gasteiger partial charge in [0.15, 0.2) is 5.13 Å². The molecule has 1 saturated heterocycles.